The van der Waals surface area contributed by atoms with Crippen molar-refractivity contribution in [2.24, 2.45) is 0 Å². The Balaban J connectivity index is 1.47. The molecule has 0 aliphatic carbocycles. The monoisotopic (exact) mass is 517 g/mol. The second kappa shape index (κ2) is 10.3. The molecule has 2 amide bonds. The largest absolute Gasteiger partial charge is 0.626 e. The standard InChI is InChI=1S/C23H27N5O9/c1-13(30)27-12-28(35,17-6-4-3-5-16(17)27)8-7-24-21(32)15-10-26(23(34)25-22(15)33)20-9-18(36-14(2)31)19(11-29)37-20/h3-6,10,18-20,29H,7-9,11-12H2,1-2H3,(H,24,32)(H,25,33,34)/t18?,19-,20-,28?/m0/s1. The van der Waals surface area contributed by atoms with Crippen molar-refractivity contribution < 1.29 is 29.0 Å². The second-order valence-corrected chi connectivity index (χ2v) is 8.85. The third kappa shape index (κ3) is 5.17. The SMILES string of the molecule is CC(=O)OC1C[C@@H](n2cc(C(=O)NCC[N+]3([O-])CN(C(C)=O)c4ccccc43)c(=O)[nH]c2=O)O[C@H]1CO. The summed E-state index contributed by atoms with van der Waals surface area (Å²) in [4.78, 5) is 64.3. The Hall–Kier alpha value is -3.85. The predicted octanol–water partition coefficient (Wildman–Crippen LogP) is -0.693. The van der Waals surface area contributed by atoms with Crippen LogP contribution in [0.2, 0.25) is 0 Å². The smallest absolute Gasteiger partial charge is 0.330 e. The molecule has 4 rings (SSSR count). The molecule has 37 heavy (non-hydrogen) atoms. The maximum atomic E-state index is 13.5. The van der Waals surface area contributed by atoms with Crippen LogP contribution in [-0.4, -0.2) is 71.0 Å². The van der Waals surface area contributed by atoms with Crippen molar-refractivity contribution >= 4 is 29.2 Å². The summed E-state index contributed by atoms with van der Waals surface area (Å²) in [5, 5.41) is 25.5. The highest BCUT2D eigenvalue weighted by atomic mass is 16.6. The van der Waals surface area contributed by atoms with Crippen LogP contribution in [0.3, 0.4) is 0 Å². The molecule has 3 heterocycles. The first kappa shape index (κ1) is 26.2. The average molecular weight is 517 g/mol. The lowest BCUT2D eigenvalue weighted by Gasteiger charge is -2.38. The number of fused-ring (bicyclic) bond motifs is 1. The van der Waals surface area contributed by atoms with Crippen LogP contribution in [0.25, 0.3) is 0 Å². The number of carbonyl (C=O) groups is 3. The number of amides is 2. The maximum Gasteiger partial charge on any atom is 0.330 e. The predicted molar refractivity (Wildman–Crippen MR) is 129 cm³/mol. The third-order valence-corrected chi connectivity index (χ3v) is 6.32. The summed E-state index contributed by atoms with van der Waals surface area (Å²) in [7, 11) is 0. The molecule has 3 N–H and O–H groups in total. The summed E-state index contributed by atoms with van der Waals surface area (Å²) in [5.74, 6) is -1.70. The molecule has 1 fully saturated rings. The third-order valence-electron chi connectivity index (χ3n) is 6.32. The first-order chi connectivity index (χ1) is 17.5. The number of para-hydroxylation sites is 2. The molecule has 0 bridgehead atoms. The topological polar surface area (TPSA) is 183 Å². The molecule has 2 aromatic rings. The van der Waals surface area contributed by atoms with Crippen LogP contribution in [0.15, 0.2) is 40.1 Å². The molecule has 4 atom stereocenters. The number of hydrogen-bond acceptors (Lipinski definition) is 9. The number of esters is 1. The van der Waals surface area contributed by atoms with Crippen LogP contribution in [-0.2, 0) is 19.1 Å². The van der Waals surface area contributed by atoms with Gasteiger partial charge in [-0.2, -0.15) is 0 Å². The quantitative estimate of drug-likeness (QED) is 0.243. The number of quaternary nitrogens is 1. The van der Waals surface area contributed by atoms with Gasteiger partial charge in [-0.15, -0.1) is 0 Å². The molecular weight excluding hydrogens is 490 g/mol. The summed E-state index contributed by atoms with van der Waals surface area (Å²) < 4.78 is 10.8. The lowest BCUT2D eigenvalue weighted by atomic mass is 10.2. The first-order valence-corrected chi connectivity index (χ1v) is 11.6. The van der Waals surface area contributed by atoms with Gasteiger partial charge in [0.1, 0.15) is 36.2 Å². The lowest BCUT2D eigenvalue weighted by molar-refractivity contribution is -0.150. The second-order valence-electron chi connectivity index (χ2n) is 8.85. The van der Waals surface area contributed by atoms with Gasteiger partial charge in [-0.05, 0) is 6.07 Å². The highest BCUT2D eigenvalue weighted by Crippen LogP contribution is 2.40. The molecule has 1 saturated heterocycles. The van der Waals surface area contributed by atoms with Gasteiger partial charge in [-0.1, -0.05) is 12.1 Å². The number of aromatic nitrogens is 2. The van der Waals surface area contributed by atoms with Crippen molar-refractivity contribution in [1.29, 1.82) is 0 Å². The minimum atomic E-state index is -1.01. The molecule has 198 valence electrons. The van der Waals surface area contributed by atoms with E-state index in [1.807, 2.05) is 0 Å². The Morgan fingerprint density at radius 3 is 2.68 bits per heavy atom. The van der Waals surface area contributed by atoms with Crippen LogP contribution >= 0.6 is 0 Å². The Bertz CT molecular complexity index is 1340. The van der Waals surface area contributed by atoms with Gasteiger partial charge in [0.25, 0.3) is 11.5 Å². The molecule has 2 aliphatic rings. The number of nitrogens with zero attached hydrogens (tertiary/aromatic N) is 3. The summed E-state index contributed by atoms with van der Waals surface area (Å²) in [5.41, 5.74) is -1.30. The van der Waals surface area contributed by atoms with Crippen molar-refractivity contribution in [2.45, 2.75) is 38.7 Å². The number of rotatable bonds is 7. The summed E-state index contributed by atoms with van der Waals surface area (Å²) in [6, 6.07) is 6.71. The van der Waals surface area contributed by atoms with Gasteiger partial charge in [0.15, 0.2) is 12.4 Å². The number of hydroxylamine groups is 2. The molecule has 14 heteroatoms. The fraction of sp³-hybridized carbons (Fsp3) is 0.435. The van der Waals surface area contributed by atoms with E-state index in [1.165, 1.54) is 18.7 Å². The van der Waals surface area contributed by atoms with E-state index in [-0.39, 0.29) is 32.1 Å². The molecule has 2 unspecified atom stereocenters. The Morgan fingerprint density at radius 2 is 2.00 bits per heavy atom. The molecule has 1 aromatic carbocycles. The number of hydrogen-bond donors (Lipinski definition) is 3. The fourth-order valence-corrected chi connectivity index (χ4v) is 4.56. The molecular formula is C23H27N5O9. The van der Waals surface area contributed by atoms with Crippen molar-refractivity contribution in [3.63, 3.8) is 0 Å². The first-order valence-electron chi connectivity index (χ1n) is 11.6. The number of aliphatic hydroxyl groups excluding tert-OH is 1. The van der Waals surface area contributed by atoms with Gasteiger partial charge >= 0.3 is 11.7 Å². The van der Waals surface area contributed by atoms with Crippen LogP contribution in [0, 0.1) is 5.21 Å². The van der Waals surface area contributed by atoms with E-state index in [1.54, 1.807) is 24.3 Å². The number of nitrogens with one attached hydrogen (secondary N) is 2. The van der Waals surface area contributed by atoms with Crippen molar-refractivity contribution in [3.05, 3.63) is 62.1 Å². The van der Waals surface area contributed by atoms with Crippen LogP contribution in [0.4, 0.5) is 11.4 Å². The van der Waals surface area contributed by atoms with Crippen LogP contribution in [0.5, 0.6) is 0 Å². The summed E-state index contributed by atoms with van der Waals surface area (Å²) in [6.07, 6.45) is -1.68. The molecule has 0 saturated carbocycles. The minimum absolute atomic E-state index is 0.0139. The summed E-state index contributed by atoms with van der Waals surface area (Å²) in [6.45, 7) is 1.70. The van der Waals surface area contributed by atoms with E-state index < -0.39 is 58.4 Å². The van der Waals surface area contributed by atoms with Gasteiger partial charge in [-0.3, -0.25) is 33.6 Å². The molecule has 1 aromatic heterocycles. The van der Waals surface area contributed by atoms with Gasteiger partial charge in [0, 0.05) is 32.5 Å². The van der Waals surface area contributed by atoms with E-state index in [2.05, 4.69) is 10.3 Å². The van der Waals surface area contributed by atoms with E-state index in [4.69, 9.17) is 9.47 Å². The van der Waals surface area contributed by atoms with E-state index in [0.29, 0.717) is 11.4 Å². The molecule has 0 radical (unpaired) electrons. The van der Waals surface area contributed by atoms with Gasteiger partial charge in [0.2, 0.25) is 5.91 Å². The van der Waals surface area contributed by atoms with Crippen LogP contribution in [0.1, 0.15) is 36.9 Å². The van der Waals surface area contributed by atoms with Crippen molar-refractivity contribution in [2.75, 3.05) is 31.3 Å². The average Bonchev–Trinajstić information content (AvgIpc) is 3.37. The maximum absolute atomic E-state index is 13.5. The molecule has 2 aliphatic heterocycles. The molecule has 14 nitrogen and oxygen atoms in total. The zero-order chi connectivity index (χ0) is 26.9. The van der Waals surface area contributed by atoms with E-state index in [0.717, 1.165) is 10.8 Å². The summed E-state index contributed by atoms with van der Waals surface area (Å²) >= 11 is 0. The van der Waals surface area contributed by atoms with Crippen LogP contribution < -0.4 is 26.1 Å². The van der Waals surface area contributed by atoms with Crippen molar-refractivity contribution in [3.8, 4) is 0 Å². The zero-order valence-electron chi connectivity index (χ0n) is 20.2. The van der Waals surface area contributed by atoms with Gasteiger partial charge < -0.3 is 29.8 Å². The Morgan fingerprint density at radius 1 is 1.27 bits per heavy atom. The van der Waals surface area contributed by atoms with E-state index in [9.17, 15) is 34.3 Å². The number of carbonyl (C=O) groups excluding carboxylic acids is 3. The number of benzene rings is 1. The highest BCUT2D eigenvalue weighted by Gasteiger charge is 2.39. The van der Waals surface area contributed by atoms with E-state index >= 15 is 0 Å². The Labute approximate surface area is 210 Å². The van der Waals surface area contributed by atoms with Crippen molar-refractivity contribution in [1.82, 2.24) is 19.5 Å². The number of anilines is 1. The minimum Gasteiger partial charge on any atom is -0.626 e. The van der Waals surface area contributed by atoms with Gasteiger partial charge in [0.05, 0.1) is 13.2 Å². The molecule has 0 spiro atoms. The fourth-order valence-electron chi connectivity index (χ4n) is 4.56. The lowest BCUT2D eigenvalue weighted by Crippen LogP contribution is -2.51. The highest BCUT2D eigenvalue weighted by molar-refractivity contribution is 5.97. The zero-order valence-corrected chi connectivity index (χ0v) is 20.2. The number of aromatic amines is 1. The number of ether oxygens (including phenoxy) is 2. The normalized spacial score (nSPS) is 24.5. The Kier molecular flexibility index (Phi) is 7.27. The van der Waals surface area contributed by atoms with Gasteiger partial charge in [-0.25, -0.2) is 4.79 Å². The number of aliphatic hydroxyl groups is 1. The number of H-pyrrole nitrogens is 1.